The van der Waals surface area contributed by atoms with E-state index in [1.807, 2.05) is 0 Å². The van der Waals surface area contributed by atoms with Crippen LogP contribution in [0.3, 0.4) is 0 Å². The van der Waals surface area contributed by atoms with Gasteiger partial charge in [0.1, 0.15) is 0 Å². The number of aromatic carboxylic acids is 1. The van der Waals surface area contributed by atoms with Gasteiger partial charge in [-0.25, -0.2) is 17.5 Å². The van der Waals surface area contributed by atoms with Gasteiger partial charge in [0.05, 0.1) is 15.4 Å². The van der Waals surface area contributed by atoms with Crippen LogP contribution in [0.15, 0.2) is 47.4 Å². The Labute approximate surface area is 138 Å². The average Bonchev–Trinajstić information content (AvgIpc) is 2.54. The molecule has 0 bridgehead atoms. The summed E-state index contributed by atoms with van der Waals surface area (Å²) in [5.41, 5.74) is -0.0950. The first-order valence-electron chi connectivity index (χ1n) is 6.69. The van der Waals surface area contributed by atoms with Crippen LogP contribution in [0, 0.1) is 10.1 Å². The molecule has 9 heteroatoms. The van der Waals surface area contributed by atoms with Crippen molar-refractivity contribution in [1.29, 1.82) is 0 Å². The maximum Gasteiger partial charge on any atom is 0.336 e. The maximum atomic E-state index is 12.2. The molecule has 126 valence electrons. The van der Waals surface area contributed by atoms with Crippen molar-refractivity contribution >= 4 is 21.7 Å². The summed E-state index contributed by atoms with van der Waals surface area (Å²) in [6.45, 7) is 0. The SMILES string of the molecule is CN(C)S(=O)(=O)c1cccc(-c2cc([N+](=O)[O-])ccc2C(=O)O)c1. The summed E-state index contributed by atoms with van der Waals surface area (Å²) in [5, 5.41) is 20.2. The molecule has 24 heavy (non-hydrogen) atoms. The van der Waals surface area contributed by atoms with Crippen LogP contribution in [0.25, 0.3) is 11.1 Å². The van der Waals surface area contributed by atoms with E-state index >= 15 is 0 Å². The summed E-state index contributed by atoms with van der Waals surface area (Å²) in [7, 11) is -0.969. The molecule has 2 aromatic rings. The first kappa shape index (κ1) is 17.6. The first-order valence-corrected chi connectivity index (χ1v) is 8.13. The summed E-state index contributed by atoms with van der Waals surface area (Å²) in [5.74, 6) is -1.26. The summed E-state index contributed by atoms with van der Waals surface area (Å²) >= 11 is 0. The molecule has 0 fully saturated rings. The lowest BCUT2D eigenvalue weighted by molar-refractivity contribution is -0.384. The highest BCUT2D eigenvalue weighted by Crippen LogP contribution is 2.30. The van der Waals surface area contributed by atoms with Crippen molar-refractivity contribution in [3.8, 4) is 11.1 Å². The predicted octanol–water partition coefficient (Wildman–Crippen LogP) is 2.21. The summed E-state index contributed by atoms with van der Waals surface area (Å²) in [6.07, 6.45) is 0. The van der Waals surface area contributed by atoms with Crippen molar-refractivity contribution in [2.45, 2.75) is 4.90 Å². The first-order chi connectivity index (χ1) is 11.1. The minimum Gasteiger partial charge on any atom is -0.478 e. The van der Waals surface area contributed by atoms with Gasteiger partial charge < -0.3 is 5.11 Å². The van der Waals surface area contributed by atoms with Crippen molar-refractivity contribution in [3.05, 3.63) is 58.1 Å². The van der Waals surface area contributed by atoms with Crippen LogP contribution in [0.4, 0.5) is 5.69 Å². The summed E-state index contributed by atoms with van der Waals surface area (Å²) in [6, 6.07) is 8.95. The van der Waals surface area contributed by atoms with Gasteiger partial charge in [0.2, 0.25) is 10.0 Å². The standard InChI is InChI=1S/C15H14N2O6S/c1-16(2)24(22,23)12-5-3-4-10(8-12)14-9-11(17(20)21)6-7-13(14)15(18)19/h3-9H,1-2H3,(H,18,19). The molecule has 0 atom stereocenters. The molecule has 0 unspecified atom stereocenters. The average molecular weight is 350 g/mol. The fourth-order valence-electron chi connectivity index (χ4n) is 2.11. The lowest BCUT2D eigenvalue weighted by Gasteiger charge is -2.13. The number of benzene rings is 2. The van der Waals surface area contributed by atoms with Gasteiger partial charge >= 0.3 is 5.97 Å². The van der Waals surface area contributed by atoms with Gasteiger partial charge in [0.25, 0.3) is 5.69 Å². The number of rotatable bonds is 5. The van der Waals surface area contributed by atoms with Crippen molar-refractivity contribution < 1.29 is 23.2 Å². The molecule has 0 radical (unpaired) electrons. The summed E-state index contributed by atoms with van der Waals surface area (Å²) < 4.78 is 25.4. The molecule has 0 aliphatic heterocycles. The minimum atomic E-state index is -3.71. The number of carboxylic acids is 1. The Morgan fingerprint density at radius 3 is 2.38 bits per heavy atom. The molecule has 8 nitrogen and oxygen atoms in total. The Hall–Kier alpha value is -2.78. The maximum absolute atomic E-state index is 12.2. The van der Waals surface area contributed by atoms with Crippen LogP contribution >= 0.6 is 0 Å². The van der Waals surface area contributed by atoms with E-state index in [1.165, 1.54) is 38.4 Å². The van der Waals surface area contributed by atoms with Crippen LogP contribution < -0.4 is 0 Å². The number of nitro groups is 1. The molecular formula is C15H14N2O6S. The van der Waals surface area contributed by atoms with E-state index in [0.29, 0.717) is 0 Å². The highest BCUT2D eigenvalue weighted by atomic mass is 32.2. The molecule has 0 saturated carbocycles. The van der Waals surface area contributed by atoms with E-state index in [4.69, 9.17) is 0 Å². The second-order valence-electron chi connectivity index (χ2n) is 5.11. The predicted molar refractivity (Wildman–Crippen MR) is 86.4 cm³/mol. The molecule has 0 amide bonds. The molecule has 2 aromatic carbocycles. The zero-order chi connectivity index (χ0) is 18.1. The van der Waals surface area contributed by atoms with Crippen molar-refractivity contribution in [1.82, 2.24) is 4.31 Å². The van der Waals surface area contributed by atoms with E-state index in [0.717, 1.165) is 22.5 Å². The molecule has 0 aliphatic carbocycles. The number of sulfonamides is 1. The van der Waals surface area contributed by atoms with Crippen LogP contribution in [0.2, 0.25) is 0 Å². The van der Waals surface area contributed by atoms with Gasteiger partial charge in [-0.05, 0) is 23.8 Å². The van der Waals surface area contributed by atoms with E-state index in [9.17, 15) is 28.4 Å². The topological polar surface area (TPSA) is 118 Å². The number of nitrogens with zero attached hydrogens (tertiary/aromatic N) is 2. The number of carbonyl (C=O) groups is 1. The zero-order valence-electron chi connectivity index (χ0n) is 12.8. The lowest BCUT2D eigenvalue weighted by Crippen LogP contribution is -2.22. The van der Waals surface area contributed by atoms with E-state index in [-0.39, 0.29) is 27.3 Å². The Bertz CT molecular complexity index is 921. The van der Waals surface area contributed by atoms with Gasteiger partial charge in [-0.3, -0.25) is 10.1 Å². The molecule has 2 rings (SSSR count). The summed E-state index contributed by atoms with van der Waals surface area (Å²) in [4.78, 5) is 21.6. The highest BCUT2D eigenvalue weighted by molar-refractivity contribution is 7.89. The van der Waals surface area contributed by atoms with E-state index in [2.05, 4.69) is 0 Å². The third-order valence-corrected chi connectivity index (χ3v) is 5.18. The number of hydrogen-bond donors (Lipinski definition) is 1. The molecule has 0 spiro atoms. The number of nitro benzene ring substituents is 1. The van der Waals surface area contributed by atoms with E-state index in [1.54, 1.807) is 0 Å². The molecule has 1 N–H and O–H groups in total. The van der Waals surface area contributed by atoms with Gasteiger partial charge in [-0.2, -0.15) is 0 Å². The monoisotopic (exact) mass is 350 g/mol. The third kappa shape index (κ3) is 3.26. The van der Waals surface area contributed by atoms with Crippen molar-refractivity contribution in [2.75, 3.05) is 14.1 Å². The minimum absolute atomic E-state index is 0.0344. The number of carboxylic acid groups (broad SMARTS) is 1. The highest BCUT2D eigenvalue weighted by Gasteiger charge is 2.20. The Morgan fingerprint density at radius 2 is 1.83 bits per heavy atom. The second-order valence-corrected chi connectivity index (χ2v) is 7.26. The zero-order valence-corrected chi connectivity index (χ0v) is 13.6. The van der Waals surface area contributed by atoms with Crippen LogP contribution in [0.1, 0.15) is 10.4 Å². The van der Waals surface area contributed by atoms with Gasteiger partial charge in [0.15, 0.2) is 0 Å². The van der Waals surface area contributed by atoms with Gasteiger partial charge in [-0.15, -0.1) is 0 Å². The fraction of sp³-hybridized carbons (Fsp3) is 0.133. The Balaban J connectivity index is 2.70. The smallest absolute Gasteiger partial charge is 0.336 e. The fourth-order valence-corrected chi connectivity index (χ4v) is 3.05. The number of hydrogen-bond acceptors (Lipinski definition) is 5. The lowest BCUT2D eigenvalue weighted by atomic mass is 9.99. The normalized spacial score (nSPS) is 11.5. The Morgan fingerprint density at radius 1 is 1.17 bits per heavy atom. The van der Waals surface area contributed by atoms with Gasteiger partial charge in [-0.1, -0.05) is 12.1 Å². The Kier molecular flexibility index (Phi) is 4.67. The van der Waals surface area contributed by atoms with Crippen molar-refractivity contribution in [2.24, 2.45) is 0 Å². The quantitative estimate of drug-likeness (QED) is 0.652. The molecule has 0 heterocycles. The molecule has 0 aromatic heterocycles. The largest absolute Gasteiger partial charge is 0.478 e. The van der Waals surface area contributed by atoms with Crippen LogP contribution in [0.5, 0.6) is 0 Å². The molecular weight excluding hydrogens is 336 g/mol. The number of non-ortho nitro benzene ring substituents is 1. The van der Waals surface area contributed by atoms with Crippen LogP contribution in [-0.4, -0.2) is 42.8 Å². The van der Waals surface area contributed by atoms with Gasteiger partial charge in [0, 0.05) is 31.8 Å². The second kappa shape index (κ2) is 6.38. The molecule has 0 aliphatic rings. The molecule has 0 saturated heterocycles. The third-order valence-electron chi connectivity index (χ3n) is 3.37. The van der Waals surface area contributed by atoms with E-state index < -0.39 is 20.9 Å². The van der Waals surface area contributed by atoms with Crippen molar-refractivity contribution in [3.63, 3.8) is 0 Å². The van der Waals surface area contributed by atoms with Crippen LogP contribution in [-0.2, 0) is 10.0 Å².